The first kappa shape index (κ1) is 23.5. The van der Waals surface area contributed by atoms with Gasteiger partial charge in [-0.25, -0.2) is 13.2 Å². The SMILES string of the molecule is CCC1(c2cc(NC(=O)c3ncccc3C(F)(F)F)ccc2F)N=C(N)COCC1(F)F. The first-order valence-corrected chi connectivity index (χ1v) is 9.34. The highest BCUT2D eigenvalue weighted by atomic mass is 19.4. The van der Waals surface area contributed by atoms with E-state index in [0.29, 0.717) is 6.07 Å². The number of aliphatic imine (C=N–C) groups is 1. The second kappa shape index (κ2) is 8.41. The zero-order valence-corrected chi connectivity index (χ0v) is 16.6. The number of nitrogens with two attached hydrogens (primary N) is 1. The minimum atomic E-state index is -4.85. The smallest absolute Gasteiger partial charge is 0.385 e. The van der Waals surface area contributed by atoms with Gasteiger partial charge in [-0.1, -0.05) is 6.92 Å². The number of carbonyl (C=O) groups excluding carboxylic acids is 1. The summed E-state index contributed by atoms with van der Waals surface area (Å²) in [7, 11) is 0. The lowest BCUT2D eigenvalue weighted by atomic mass is 9.81. The number of hydrogen-bond donors (Lipinski definition) is 2. The van der Waals surface area contributed by atoms with Crippen molar-refractivity contribution in [3.63, 3.8) is 0 Å². The fourth-order valence-corrected chi connectivity index (χ4v) is 3.47. The fraction of sp³-hybridized carbons (Fsp3) is 0.350. The number of aromatic nitrogens is 1. The van der Waals surface area contributed by atoms with Gasteiger partial charge in [0.05, 0.1) is 5.56 Å². The van der Waals surface area contributed by atoms with Crippen LogP contribution in [-0.4, -0.2) is 35.9 Å². The highest BCUT2D eigenvalue weighted by Crippen LogP contribution is 2.46. The molecule has 1 aliphatic rings. The Bertz CT molecular complexity index is 1060. The van der Waals surface area contributed by atoms with E-state index in [0.717, 1.165) is 30.5 Å². The van der Waals surface area contributed by atoms with Crippen molar-refractivity contribution in [2.75, 3.05) is 18.5 Å². The Hall–Kier alpha value is -3.15. The Morgan fingerprint density at radius 1 is 1.28 bits per heavy atom. The van der Waals surface area contributed by atoms with Crippen molar-refractivity contribution in [2.45, 2.75) is 31.0 Å². The Balaban J connectivity index is 2.05. The zero-order chi connectivity index (χ0) is 23.7. The molecule has 0 bridgehead atoms. The van der Waals surface area contributed by atoms with Crippen LogP contribution in [0.3, 0.4) is 0 Å². The van der Waals surface area contributed by atoms with Gasteiger partial charge in [0.1, 0.15) is 30.6 Å². The lowest BCUT2D eigenvalue weighted by Crippen LogP contribution is -2.47. The first-order valence-electron chi connectivity index (χ1n) is 9.34. The van der Waals surface area contributed by atoms with Gasteiger partial charge >= 0.3 is 6.18 Å². The molecule has 1 unspecified atom stereocenters. The molecule has 0 radical (unpaired) electrons. The number of nitrogens with zero attached hydrogens (tertiary/aromatic N) is 2. The van der Waals surface area contributed by atoms with E-state index in [2.05, 4.69) is 15.3 Å². The molecule has 12 heteroatoms. The van der Waals surface area contributed by atoms with Crippen LogP contribution in [0.5, 0.6) is 0 Å². The van der Waals surface area contributed by atoms with Gasteiger partial charge in [-0.3, -0.25) is 14.8 Å². The first-order chi connectivity index (χ1) is 14.9. The number of halogens is 6. The monoisotopic (exact) mass is 460 g/mol. The van der Waals surface area contributed by atoms with Gasteiger partial charge in [-0.05, 0) is 36.8 Å². The van der Waals surface area contributed by atoms with Gasteiger partial charge in [0.25, 0.3) is 11.8 Å². The third-order valence-corrected chi connectivity index (χ3v) is 4.98. The van der Waals surface area contributed by atoms with Crippen LogP contribution in [0.15, 0.2) is 41.5 Å². The maximum atomic E-state index is 15.0. The Morgan fingerprint density at radius 3 is 2.66 bits per heavy atom. The van der Waals surface area contributed by atoms with Crippen molar-refractivity contribution >= 4 is 17.4 Å². The third-order valence-electron chi connectivity index (χ3n) is 4.98. The number of nitrogens with one attached hydrogen (secondary N) is 1. The highest BCUT2D eigenvalue weighted by molar-refractivity contribution is 6.04. The van der Waals surface area contributed by atoms with E-state index >= 15 is 0 Å². The molecule has 1 amide bonds. The average molecular weight is 460 g/mol. The number of carbonyl (C=O) groups is 1. The number of alkyl halides is 5. The van der Waals surface area contributed by atoms with Crippen LogP contribution in [0.25, 0.3) is 0 Å². The molecule has 3 rings (SSSR count). The third kappa shape index (κ3) is 4.27. The predicted octanol–water partition coefficient (Wildman–Crippen LogP) is 4.12. The molecule has 0 saturated carbocycles. The van der Waals surface area contributed by atoms with E-state index in [4.69, 9.17) is 10.5 Å². The zero-order valence-electron chi connectivity index (χ0n) is 16.6. The van der Waals surface area contributed by atoms with Crippen LogP contribution in [0, 0.1) is 5.82 Å². The summed E-state index contributed by atoms with van der Waals surface area (Å²) >= 11 is 0. The molecule has 0 aliphatic carbocycles. The van der Waals surface area contributed by atoms with Crippen LogP contribution in [0.4, 0.5) is 32.0 Å². The Kier molecular flexibility index (Phi) is 6.18. The molecular formula is C20H18F6N4O2. The summed E-state index contributed by atoms with van der Waals surface area (Å²) in [6.07, 6.45) is -4.23. The Labute approximate surface area is 178 Å². The molecule has 1 aliphatic heterocycles. The van der Waals surface area contributed by atoms with Crippen LogP contribution >= 0.6 is 0 Å². The van der Waals surface area contributed by atoms with E-state index in [1.807, 2.05) is 0 Å². The van der Waals surface area contributed by atoms with Crippen molar-refractivity contribution in [1.29, 1.82) is 0 Å². The molecule has 1 aromatic heterocycles. The van der Waals surface area contributed by atoms with Crippen LogP contribution in [-0.2, 0) is 16.5 Å². The number of hydrogen-bond acceptors (Lipinski definition) is 5. The van der Waals surface area contributed by atoms with Gasteiger partial charge in [0, 0.05) is 17.4 Å². The topological polar surface area (TPSA) is 89.6 Å². The molecule has 32 heavy (non-hydrogen) atoms. The van der Waals surface area contributed by atoms with Gasteiger partial charge in [0.2, 0.25) is 0 Å². The molecular weight excluding hydrogens is 442 g/mol. The minimum Gasteiger partial charge on any atom is -0.385 e. The van der Waals surface area contributed by atoms with Crippen LogP contribution in [0.1, 0.15) is 35.0 Å². The quantitative estimate of drug-likeness (QED) is 0.672. The molecule has 6 nitrogen and oxygen atoms in total. The number of ether oxygens (including phenoxy) is 1. The molecule has 0 fully saturated rings. The maximum absolute atomic E-state index is 15.0. The second-order valence-corrected chi connectivity index (χ2v) is 7.06. The summed E-state index contributed by atoms with van der Waals surface area (Å²) in [5.41, 5.74) is 0.162. The van der Waals surface area contributed by atoms with E-state index in [1.54, 1.807) is 0 Å². The van der Waals surface area contributed by atoms with E-state index in [1.165, 1.54) is 6.92 Å². The van der Waals surface area contributed by atoms with Crippen LogP contribution < -0.4 is 11.1 Å². The molecule has 2 aromatic rings. The summed E-state index contributed by atoms with van der Waals surface area (Å²) in [6, 6.07) is 4.41. The number of benzene rings is 1. The summed E-state index contributed by atoms with van der Waals surface area (Å²) in [5, 5.41) is 2.15. The van der Waals surface area contributed by atoms with E-state index in [9.17, 15) is 31.1 Å². The molecule has 172 valence electrons. The number of amidine groups is 1. The molecule has 0 saturated heterocycles. The van der Waals surface area contributed by atoms with E-state index < -0.39 is 52.8 Å². The average Bonchev–Trinajstić information content (AvgIpc) is 2.84. The van der Waals surface area contributed by atoms with Crippen molar-refractivity contribution < 1.29 is 35.9 Å². The summed E-state index contributed by atoms with van der Waals surface area (Å²) < 4.78 is 89.0. The summed E-state index contributed by atoms with van der Waals surface area (Å²) in [4.78, 5) is 19.8. The molecule has 3 N–H and O–H groups in total. The van der Waals surface area contributed by atoms with Gasteiger partial charge < -0.3 is 15.8 Å². The van der Waals surface area contributed by atoms with Gasteiger partial charge in [0.15, 0.2) is 5.54 Å². The summed E-state index contributed by atoms with van der Waals surface area (Å²) in [5.74, 6) is -6.26. The van der Waals surface area contributed by atoms with Crippen LogP contribution in [0.2, 0.25) is 0 Å². The Morgan fingerprint density at radius 2 is 2.00 bits per heavy atom. The number of pyridine rings is 1. The van der Waals surface area contributed by atoms with Gasteiger partial charge in [-0.2, -0.15) is 13.2 Å². The summed E-state index contributed by atoms with van der Waals surface area (Å²) in [6.45, 7) is -0.108. The standard InChI is InChI=1S/C20H18F6N4O2/c1-2-18(19(22,23)10-32-9-15(27)30-18)13-8-11(5-6-14(13)21)29-17(31)16-12(20(24,25)26)4-3-7-28-16/h3-8H,2,9-10H2,1H3,(H2,27,30)(H,29,31). The lowest BCUT2D eigenvalue weighted by Gasteiger charge is -2.36. The second-order valence-electron chi connectivity index (χ2n) is 7.06. The number of anilines is 1. The normalized spacial score (nSPS) is 20.9. The highest BCUT2D eigenvalue weighted by Gasteiger charge is 2.56. The minimum absolute atomic E-state index is 0.229. The van der Waals surface area contributed by atoms with Crippen molar-refractivity contribution in [3.05, 3.63) is 59.2 Å². The molecule has 2 heterocycles. The molecule has 1 aromatic carbocycles. The number of rotatable bonds is 4. The van der Waals surface area contributed by atoms with E-state index in [-0.39, 0.29) is 24.6 Å². The number of amides is 1. The fourth-order valence-electron chi connectivity index (χ4n) is 3.47. The molecule has 1 atom stereocenters. The molecule has 0 spiro atoms. The lowest BCUT2D eigenvalue weighted by molar-refractivity contribution is -0.138. The van der Waals surface area contributed by atoms with Crippen molar-refractivity contribution in [1.82, 2.24) is 4.98 Å². The largest absolute Gasteiger partial charge is 0.418 e. The maximum Gasteiger partial charge on any atom is 0.418 e. The van der Waals surface area contributed by atoms with Crippen molar-refractivity contribution in [3.8, 4) is 0 Å². The predicted molar refractivity (Wildman–Crippen MR) is 103 cm³/mol. The van der Waals surface area contributed by atoms with Crippen molar-refractivity contribution in [2.24, 2.45) is 10.7 Å². The van der Waals surface area contributed by atoms with Gasteiger partial charge in [-0.15, -0.1) is 0 Å².